The van der Waals surface area contributed by atoms with E-state index in [1.54, 1.807) is 18.2 Å². The molecule has 1 aliphatic rings. The molecular weight excluding hydrogens is 280 g/mol. The van der Waals surface area contributed by atoms with Crippen LogP contribution in [0.25, 0.3) is 0 Å². The van der Waals surface area contributed by atoms with Crippen LogP contribution in [0.4, 0.5) is 5.69 Å². The molecule has 1 aliphatic heterocycles. The van der Waals surface area contributed by atoms with Crippen LogP contribution in [0, 0.1) is 0 Å². The van der Waals surface area contributed by atoms with Gasteiger partial charge in [-0.05, 0) is 11.6 Å². The lowest BCUT2D eigenvalue weighted by Crippen LogP contribution is -2.28. The number of amides is 1. The first-order valence-electron chi connectivity index (χ1n) is 6.08. The summed E-state index contributed by atoms with van der Waals surface area (Å²) in [6, 6.07) is 5.27. The number of rotatable bonds is 4. The third kappa shape index (κ3) is 3.27. The van der Waals surface area contributed by atoms with Crippen molar-refractivity contribution < 1.29 is 13.2 Å². The van der Waals surface area contributed by atoms with Crippen molar-refractivity contribution in [3.05, 3.63) is 29.3 Å². The minimum atomic E-state index is -3.52. The molecule has 1 amide bonds. The molecule has 0 atom stereocenters. The summed E-state index contributed by atoms with van der Waals surface area (Å²) in [6.07, 6.45) is 0. The van der Waals surface area contributed by atoms with Gasteiger partial charge in [0.15, 0.2) is 0 Å². The lowest BCUT2D eigenvalue weighted by Gasteiger charge is -2.18. The normalized spacial score (nSPS) is 15.9. The monoisotopic (exact) mass is 296 g/mol. The van der Waals surface area contributed by atoms with E-state index in [1.165, 1.54) is 6.92 Å². The van der Waals surface area contributed by atoms with Gasteiger partial charge in [0.2, 0.25) is 5.91 Å². The van der Waals surface area contributed by atoms with E-state index in [1.807, 2.05) is 0 Å². The third-order valence-corrected chi connectivity index (χ3v) is 3.95. The molecule has 8 heteroatoms. The maximum absolute atomic E-state index is 11.5. The molecule has 1 heterocycles. The summed E-state index contributed by atoms with van der Waals surface area (Å²) in [4.78, 5) is 10.8. The van der Waals surface area contributed by atoms with Gasteiger partial charge in [-0.25, -0.2) is 8.42 Å². The standard InChI is InChI=1S/C12H16N4O3S/c1-8(17)14-5-6-15-10-4-2-3-9-7-20(18,19)16-12(13)11(9)10/h2-4,15H,5-7H2,1H3,(H2,13,16)(H,14,17). The van der Waals surface area contributed by atoms with Crippen molar-refractivity contribution in [2.45, 2.75) is 12.7 Å². The maximum Gasteiger partial charge on any atom is 0.259 e. The van der Waals surface area contributed by atoms with Crippen molar-refractivity contribution in [3.8, 4) is 0 Å². The highest BCUT2D eigenvalue weighted by molar-refractivity contribution is 7.89. The third-order valence-electron chi connectivity index (χ3n) is 2.80. The quantitative estimate of drug-likeness (QED) is 0.665. The molecule has 0 bridgehead atoms. The molecule has 0 fully saturated rings. The first kappa shape index (κ1) is 14.3. The number of anilines is 1. The molecule has 2 rings (SSSR count). The van der Waals surface area contributed by atoms with Gasteiger partial charge in [-0.15, -0.1) is 4.40 Å². The second-order valence-electron chi connectivity index (χ2n) is 4.45. The molecule has 0 aliphatic carbocycles. The van der Waals surface area contributed by atoms with Crippen LogP contribution in [0.2, 0.25) is 0 Å². The lowest BCUT2D eigenvalue weighted by molar-refractivity contribution is -0.118. The molecule has 4 N–H and O–H groups in total. The first-order valence-corrected chi connectivity index (χ1v) is 7.68. The van der Waals surface area contributed by atoms with Crippen LogP contribution in [-0.4, -0.2) is 33.3 Å². The van der Waals surface area contributed by atoms with Crippen molar-refractivity contribution in [3.63, 3.8) is 0 Å². The number of carbonyl (C=O) groups excluding carboxylic acids is 1. The lowest BCUT2D eigenvalue weighted by atomic mass is 10.1. The Morgan fingerprint density at radius 3 is 2.85 bits per heavy atom. The van der Waals surface area contributed by atoms with Gasteiger partial charge in [0.25, 0.3) is 10.0 Å². The molecule has 0 saturated heterocycles. The largest absolute Gasteiger partial charge is 0.383 e. The number of nitrogens with zero attached hydrogens (tertiary/aromatic N) is 1. The van der Waals surface area contributed by atoms with Crippen LogP contribution in [0.15, 0.2) is 22.6 Å². The molecule has 0 unspecified atom stereocenters. The smallest absolute Gasteiger partial charge is 0.259 e. The average molecular weight is 296 g/mol. The second kappa shape index (κ2) is 5.49. The van der Waals surface area contributed by atoms with Crippen molar-refractivity contribution >= 4 is 27.5 Å². The van der Waals surface area contributed by atoms with Gasteiger partial charge in [-0.2, -0.15) is 0 Å². The molecule has 1 aromatic rings. The number of nitrogens with two attached hydrogens (primary N) is 1. The Morgan fingerprint density at radius 1 is 1.40 bits per heavy atom. The van der Waals surface area contributed by atoms with Crippen LogP contribution in [0.1, 0.15) is 18.1 Å². The fourth-order valence-electron chi connectivity index (χ4n) is 2.03. The van der Waals surface area contributed by atoms with E-state index in [0.717, 1.165) is 0 Å². The Morgan fingerprint density at radius 2 is 2.15 bits per heavy atom. The molecule has 0 saturated carbocycles. The predicted molar refractivity (Wildman–Crippen MR) is 77.0 cm³/mol. The molecule has 7 nitrogen and oxygen atoms in total. The molecule has 0 aromatic heterocycles. The van der Waals surface area contributed by atoms with Crippen molar-refractivity contribution in [1.29, 1.82) is 0 Å². The van der Waals surface area contributed by atoms with E-state index in [0.29, 0.717) is 29.9 Å². The minimum Gasteiger partial charge on any atom is -0.383 e. The topological polar surface area (TPSA) is 114 Å². The van der Waals surface area contributed by atoms with E-state index in [-0.39, 0.29) is 17.5 Å². The van der Waals surface area contributed by atoms with Gasteiger partial charge in [0, 0.05) is 31.3 Å². The summed E-state index contributed by atoms with van der Waals surface area (Å²) in [5, 5.41) is 5.78. The van der Waals surface area contributed by atoms with Crippen molar-refractivity contribution in [1.82, 2.24) is 5.32 Å². The highest BCUT2D eigenvalue weighted by Crippen LogP contribution is 2.26. The molecule has 0 spiro atoms. The van der Waals surface area contributed by atoms with E-state index < -0.39 is 10.0 Å². The molecule has 0 radical (unpaired) electrons. The van der Waals surface area contributed by atoms with Crippen LogP contribution in [0.5, 0.6) is 0 Å². The Labute approximate surface area is 117 Å². The van der Waals surface area contributed by atoms with Gasteiger partial charge < -0.3 is 16.4 Å². The van der Waals surface area contributed by atoms with Gasteiger partial charge in [-0.3, -0.25) is 4.79 Å². The second-order valence-corrected chi connectivity index (χ2v) is 6.09. The Balaban J connectivity index is 2.19. The number of nitrogens with one attached hydrogen (secondary N) is 2. The number of hydrogen-bond donors (Lipinski definition) is 3. The zero-order chi connectivity index (χ0) is 14.8. The fraction of sp³-hybridized carbons (Fsp3) is 0.333. The number of carbonyl (C=O) groups is 1. The zero-order valence-corrected chi connectivity index (χ0v) is 11.8. The first-order chi connectivity index (χ1) is 9.39. The summed E-state index contributed by atoms with van der Waals surface area (Å²) in [5.41, 5.74) is 7.69. The van der Waals surface area contributed by atoms with Crippen LogP contribution in [0.3, 0.4) is 0 Å². The highest BCUT2D eigenvalue weighted by atomic mass is 32.2. The van der Waals surface area contributed by atoms with E-state index in [4.69, 9.17) is 5.73 Å². The van der Waals surface area contributed by atoms with Gasteiger partial charge in [-0.1, -0.05) is 12.1 Å². The molecule has 1 aromatic carbocycles. The van der Waals surface area contributed by atoms with Gasteiger partial charge in [0.05, 0.1) is 5.75 Å². The molecule has 108 valence electrons. The van der Waals surface area contributed by atoms with Crippen molar-refractivity contribution in [2.75, 3.05) is 18.4 Å². The number of hydrogen-bond acceptors (Lipinski definition) is 5. The summed E-state index contributed by atoms with van der Waals surface area (Å²) < 4.78 is 26.6. The molecular formula is C12H16N4O3S. The zero-order valence-electron chi connectivity index (χ0n) is 11.0. The van der Waals surface area contributed by atoms with Crippen LogP contribution < -0.4 is 16.4 Å². The number of benzene rings is 1. The average Bonchev–Trinajstić information content (AvgIpc) is 2.32. The Bertz CT molecular complexity index is 667. The van der Waals surface area contributed by atoms with E-state index in [9.17, 15) is 13.2 Å². The van der Waals surface area contributed by atoms with E-state index >= 15 is 0 Å². The SMILES string of the molecule is CC(=O)NCCNc1cccc2c1C(N)=NS(=O)(=O)C2. The maximum atomic E-state index is 11.5. The predicted octanol–water partition coefficient (Wildman–Crippen LogP) is -0.217. The number of sulfonamides is 1. The van der Waals surface area contributed by atoms with Crippen LogP contribution in [-0.2, 0) is 20.6 Å². The van der Waals surface area contributed by atoms with Crippen LogP contribution >= 0.6 is 0 Å². The summed E-state index contributed by atoms with van der Waals surface area (Å²) >= 11 is 0. The Kier molecular flexibility index (Phi) is 3.93. The van der Waals surface area contributed by atoms with Gasteiger partial charge in [0.1, 0.15) is 5.84 Å². The summed E-state index contributed by atoms with van der Waals surface area (Å²) in [6.45, 7) is 2.42. The Hall–Kier alpha value is -2.09. The van der Waals surface area contributed by atoms with Crippen molar-refractivity contribution in [2.24, 2.45) is 10.1 Å². The fourth-order valence-corrected chi connectivity index (χ4v) is 3.12. The number of fused-ring (bicyclic) bond motifs is 1. The minimum absolute atomic E-state index is 0.00567. The summed E-state index contributed by atoms with van der Waals surface area (Å²) in [7, 11) is -3.52. The highest BCUT2D eigenvalue weighted by Gasteiger charge is 2.24. The van der Waals surface area contributed by atoms with Gasteiger partial charge >= 0.3 is 0 Å². The summed E-state index contributed by atoms with van der Waals surface area (Å²) in [5.74, 6) is -0.257. The molecule has 20 heavy (non-hydrogen) atoms. The van der Waals surface area contributed by atoms with E-state index in [2.05, 4.69) is 15.0 Å². The number of amidine groups is 1.